The fraction of sp³-hybridized carbons (Fsp3) is 0.287. The number of nitriles is 2. The molecule has 0 fully saturated rings. The van der Waals surface area contributed by atoms with Crippen LogP contribution in [0.25, 0.3) is 0 Å². The molecule has 3 aliphatic carbocycles. The molecule has 0 aromatic heterocycles. The summed E-state index contributed by atoms with van der Waals surface area (Å²) in [5.41, 5.74) is 29.1. The average molecular weight is 1410 g/mol. The summed E-state index contributed by atoms with van der Waals surface area (Å²) in [4.78, 5) is 4.71. The minimum atomic E-state index is 0.0862. The van der Waals surface area contributed by atoms with Gasteiger partial charge in [-0.1, -0.05) is 212 Å². The van der Waals surface area contributed by atoms with Gasteiger partial charge < -0.3 is 9.80 Å². The van der Waals surface area contributed by atoms with Gasteiger partial charge >= 0.3 is 0 Å². The van der Waals surface area contributed by atoms with Crippen LogP contribution in [-0.2, 0) is 79.4 Å². The van der Waals surface area contributed by atoms with Crippen molar-refractivity contribution in [3.05, 3.63) is 313 Å². The summed E-state index contributed by atoms with van der Waals surface area (Å²) in [5, 5.41) is 21.7. The second-order valence-electron chi connectivity index (χ2n) is 30.2. The number of anilines is 6. The molecule has 0 unspecified atom stereocenters. The summed E-state index contributed by atoms with van der Waals surface area (Å²) in [6.45, 7) is 27.0. The predicted molar refractivity (Wildman–Crippen MR) is 411 cm³/mol. The second-order valence-corrected chi connectivity index (χ2v) is 32.7. The van der Waals surface area contributed by atoms with E-state index in [-0.39, 0.29) is 21.7 Å². The number of aryl methyl sites for hydroxylation is 6. The molecule has 9 heteroatoms. The molecular weight excluding hydrogens is 1320 g/mol. The Bertz CT molecular complexity index is 4490. The fourth-order valence-electron chi connectivity index (χ4n) is 13.4. The number of hydrogen-bond acceptors (Lipinski definition) is 4. The first-order chi connectivity index (χ1) is 45.5. The van der Waals surface area contributed by atoms with Crippen LogP contribution in [0, 0.1) is 22.7 Å². The Morgan fingerprint density at radius 3 is 0.812 bits per heavy atom. The van der Waals surface area contributed by atoms with E-state index < -0.39 is 0 Å². The molecule has 488 valence electrons. The minimum absolute atomic E-state index is 0.0862. The molecule has 10 aromatic rings. The second kappa shape index (κ2) is 28.5. The van der Waals surface area contributed by atoms with E-state index in [2.05, 4.69) is 279 Å². The van der Waals surface area contributed by atoms with Crippen molar-refractivity contribution < 1.29 is 0 Å². The summed E-state index contributed by atoms with van der Waals surface area (Å²) in [5.74, 6) is 0. The molecule has 0 saturated carbocycles. The van der Waals surface area contributed by atoms with Crippen LogP contribution >= 0.6 is 62.3 Å². The van der Waals surface area contributed by atoms with Crippen molar-refractivity contribution in [2.75, 3.05) is 9.80 Å². The molecule has 3 aliphatic rings. The van der Waals surface area contributed by atoms with Crippen molar-refractivity contribution in [3.8, 4) is 12.1 Å². The first-order valence-electron chi connectivity index (χ1n) is 33.4. The minimum Gasteiger partial charge on any atom is -0.310 e. The zero-order valence-electron chi connectivity index (χ0n) is 57.4. The number of benzene rings is 10. The predicted octanol–water partition coefficient (Wildman–Crippen LogP) is 25.4. The van der Waals surface area contributed by atoms with Crippen molar-refractivity contribution >= 4 is 96.5 Å². The standard InChI is InChI=1S/C37H37N3.C35H37Cl2N.C15H11BrCl2/c1-36(2,3)31-10-15-33(16-11-31)40(34-17-12-32(13-18-34)37(4,5)6)35-14-9-25-7-8-26-19-29(23-38)30(24-39)21-27(26)20-28(25)22-35;1-34(2,3)27-10-15-29(16-11-27)38(30-17-12-28(13-18-30)35(4,5)6)31-14-9-23-7-8-24-21-32(36)33(37)22-26(24)19-25(23)20-31;16-13-4-3-9-1-2-10-7-14(17)15(18)8-12(10)5-11(9)6-13/h9-19,21-22H,7-8,20H2,1-6H3;9-18,20-22H,7-8,19H2,1-6H3;3-4,6-8H,1-2,5H2. The normalized spacial score (nSPS) is 13.3. The Morgan fingerprint density at radius 2 is 0.510 bits per heavy atom. The van der Waals surface area contributed by atoms with Gasteiger partial charge in [0.2, 0.25) is 0 Å². The summed E-state index contributed by atoms with van der Waals surface area (Å²) >= 11 is 28.5. The van der Waals surface area contributed by atoms with Gasteiger partial charge in [-0.15, -0.1) is 0 Å². The van der Waals surface area contributed by atoms with Crippen LogP contribution in [0.1, 0.15) is 183 Å². The van der Waals surface area contributed by atoms with Crippen LogP contribution in [0.2, 0.25) is 20.1 Å². The van der Waals surface area contributed by atoms with Gasteiger partial charge in [-0.2, -0.15) is 10.5 Å². The van der Waals surface area contributed by atoms with Crippen LogP contribution in [-0.4, -0.2) is 0 Å². The molecule has 96 heavy (non-hydrogen) atoms. The lowest BCUT2D eigenvalue weighted by molar-refractivity contribution is 0.590. The van der Waals surface area contributed by atoms with E-state index >= 15 is 0 Å². The van der Waals surface area contributed by atoms with Crippen molar-refractivity contribution in [3.63, 3.8) is 0 Å². The summed E-state index contributed by atoms with van der Waals surface area (Å²) in [7, 11) is 0. The highest BCUT2D eigenvalue weighted by atomic mass is 79.9. The van der Waals surface area contributed by atoms with Gasteiger partial charge in [-0.25, -0.2) is 0 Å². The van der Waals surface area contributed by atoms with Crippen LogP contribution in [0.4, 0.5) is 34.1 Å². The summed E-state index contributed by atoms with van der Waals surface area (Å²) in [6, 6.07) is 72.5. The smallest absolute Gasteiger partial charge is 0.101 e. The Morgan fingerprint density at radius 1 is 0.281 bits per heavy atom. The molecule has 4 nitrogen and oxygen atoms in total. The monoisotopic (exact) mass is 1400 g/mol. The number of hydrogen-bond donors (Lipinski definition) is 0. The molecule has 13 rings (SSSR count). The van der Waals surface area contributed by atoms with Gasteiger partial charge in [0.05, 0.1) is 31.2 Å². The third-order valence-electron chi connectivity index (χ3n) is 19.2. The lowest BCUT2D eigenvalue weighted by Crippen LogP contribution is -2.14. The van der Waals surface area contributed by atoms with E-state index in [4.69, 9.17) is 46.4 Å². The lowest BCUT2D eigenvalue weighted by atomic mass is 9.86. The van der Waals surface area contributed by atoms with Crippen LogP contribution < -0.4 is 9.80 Å². The Hall–Kier alpha value is -7.58. The summed E-state index contributed by atoms with van der Waals surface area (Å²) in [6.07, 6.45) is 8.39. The maximum absolute atomic E-state index is 9.62. The van der Waals surface area contributed by atoms with E-state index in [1.54, 1.807) is 0 Å². The Labute approximate surface area is 599 Å². The molecule has 0 bridgehead atoms. The largest absolute Gasteiger partial charge is 0.310 e. The highest BCUT2D eigenvalue weighted by Crippen LogP contribution is 2.43. The van der Waals surface area contributed by atoms with Gasteiger partial charge in [0.25, 0.3) is 0 Å². The molecule has 0 N–H and O–H groups in total. The highest BCUT2D eigenvalue weighted by molar-refractivity contribution is 9.10. The van der Waals surface area contributed by atoms with E-state index in [0.29, 0.717) is 31.2 Å². The van der Waals surface area contributed by atoms with E-state index in [1.807, 2.05) is 30.3 Å². The maximum Gasteiger partial charge on any atom is 0.101 e. The molecule has 0 heterocycles. The molecule has 0 radical (unpaired) electrons. The topological polar surface area (TPSA) is 54.1 Å². The molecule has 0 aliphatic heterocycles. The van der Waals surface area contributed by atoms with Gasteiger partial charge in [-0.3, -0.25) is 0 Å². The van der Waals surface area contributed by atoms with E-state index in [9.17, 15) is 10.5 Å². The molecule has 0 spiro atoms. The quantitative estimate of drug-likeness (QED) is 0.166. The third-order valence-corrected chi connectivity index (χ3v) is 21.2. The summed E-state index contributed by atoms with van der Waals surface area (Å²) < 4.78 is 1.13. The SMILES string of the molecule is CC(C)(C)c1ccc(N(c2ccc(C(C)(C)C)cc2)c2ccc3c(c2)Cc2cc(C#N)c(C#N)cc2CC3)cc1.CC(C)(C)c1ccc(N(c2ccc(C(C)(C)C)cc2)c2ccc3c(c2)Cc2cc(Cl)c(Cl)cc2CC3)cc1.Clc1cc2c(cc1Cl)Cc1cc(Br)ccc1CC2. The van der Waals surface area contributed by atoms with Gasteiger partial charge in [0.1, 0.15) is 12.1 Å². The van der Waals surface area contributed by atoms with Crippen molar-refractivity contribution in [2.45, 2.75) is 163 Å². The average Bonchev–Trinajstić information content (AvgIpc) is 0.831. The van der Waals surface area contributed by atoms with Gasteiger partial charge in [-0.05, 0) is 290 Å². The third kappa shape index (κ3) is 16.0. The van der Waals surface area contributed by atoms with E-state index in [0.717, 1.165) is 96.3 Å². The molecule has 10 aromatic carbocycles. The molecular formula is C87H85BrCl4N4. The zero-order chi connectivity index (χ0) is 68.6. The van der Waals surface area contributed by atoms with Crippen LogP contribution in [0.5, 0.6) is 0 Å². The first-order valence-corrected chi connectivity index (χ1v) is 35.7. The van der Waals surface area contributed by atoms with Crippen LogP contribution in [0.3, 0.4) is 0 Å². The molecule has 0 atom stereocenters. The Kier molecular flexibility index (Phi) is 20.7. The number of rotatable bonds is 6. The highest BCUT2D eigenvalue weighted by Gasteiger charge is 2.25. The lowest BCUT2D eigenvalue weighted by Gasteiger charge is -2.28. The zero-order valence-corrected chi connectivity index (χ0v) is 62.1. The maximum atomic E-state index is 9.62. The van der Waals surface area contributed by atoms with E-state index in [1.165, 1.54) is 89.1 Å². The fourth-order valence-corrected chi connectivity index (χ4v) is 14.6. The first kappa shape index (κ1) is 69.8. The van der Waals surface area contributed by atoms with Crippen molar-refractivity contribution in [2.24, 2.45) is 0 Å². The Balaban J connectivity index is 0.000000156. The van der Waals surface area contributed by atoms with Crippen molar-refractivity contribution in [1.29, 1.82) is 10.5 Å². The number of fused-ring (bicyclic) bond motifs is 6. The van der Waals surface area contributed by atoms with Gasteiger partial charge in [0, 0.05) is 38.6 Å². The molecule has 0 saturated heterocycles. The molecule has 0 amide bonds. The van der Waals surface area contributed by atoms with Gasteiger partial charge in [0.15, 0.2) is 0 Å². The van der Waals surface area contributed by atoms with Crippen molar-refractivity contribution in [1.82, 2.24) is 0 Å². The van der Waals surface area contributed by atoms with Crippen LogP contribution in [0.15, 0.2) is 193 Å². The number of nitrogens with zero attached hydrogens (tertiary/aromatic N) is 4. The number of halogens is 5.